The Kier molecular flexibility index (Phi) is 5.61. The predicted octanol–water partition coefficient (Wildman–Crippen LogP) is 3.15. The molecule has 144 valence electrons. The number of aryl methyl sites for hydroxylation is 2. The van der Waals surface area contributed by atoms with Gasteiger partial charge in [-0.15, -0.1) is 0 Å². The van der Waals surface area contributed by atoms with E-state index >= 15 is 0 Å². The van der Waals surface area contributed by atoms with Crippen molar-refractivity contribution >= 4 is 21.6 Å². The van der Waals surface area contributed by atoms with Crippen molar-refractivity contribution in [1.29, 1.82) is 0 Å². The van der Waals surface area contributed by atoms with E-state index in [1.165, 1.54) is 29.8 Å². The molecule has 5 nitrogen and oxygen atoms in total. The monoisotopic (exact) mass is 378 g/mol. The molecule has 0 radical (unpaired) electrons. The molecule has 0 aliphatic heterocycles. The molecule has 1 N–H and O–H groups in total. The second-order valence-electron chi connectivity index (χ2n) is 8.06. The molecule has 6 heteroatoms. The number of nitrogens with one attached hydrogen (secondary N) is 1. The number of hydrogen-bond acceptors (Lipinski definition) is 3. The van der Waals surface area contributed by atoms with Crippen LogP contribution in [0.5, 0.6) is 0 Å². The summed E-state index contributed by atoms with van der Waals surface area (Å²) in [4.78, 5) is 12.3. The number of hydrogen-bond donors (Lipinski definition) is 1. The van der Waals surface area contributed by atoms with Crippen LogP contribution < -0.4 is 9.62 Å². The van der Waals surface area contributed by atoms with E-state index in [2.05, 4.69) is 5.32 Å². The van der Waals surface area contributed by atoms with E-state index in [1.807, 2.05) is 32.0 Å². The van der Waals surface area contributed by atoms with Crippen LogP contribution in [-0.2, 0) is 14.8 Å². The third-order valence-corrected chi connectivity index (χ3v) is 7.22. The zero-order valence-electron chi connectivity index (χ0n) is 16.0. The van der Waals surface area contributed by atoms with E-state index in [0.717, 1.165) is 23.5 Å². The first-order valence-electron chi connectivity index (χ1n) is 9.58. The number of anilines is 1. The van der Waals surface area contributed by atoms with E-state index in [0.29, 0.717) is 37.0 Å². The summed E-state index contributed by atoms with van der Waals surface area (Å²) in [5, 5.41) is 3.17. The number of fused-ring (bicyclic) bond motifs is 2. The second-order valence-corrected chi connectivity index (χ2v) is 9.96. The Bertz CT molecular complexity index is 775. The van der Waals surface area contributed by atoms with Crippen LogP contribution in [0.15, 0.2) is 18.2 Å². The molecule has 2 aliphatic rings. The summed E-state index contributed by atoms with van der Waals surface area (Å²) >= 11 is 0. The molecule has 26 heavy (non-hydrogen) atoms. The molecule has 3 atom stereocenters. The largest absolute Gasteiger partial charge is 0.353 e. The van der Waals surface area contributed by atoms with Crippen molar-refractivity contribution in [3.63, 3.8) is 0 Å². The van der Waals surface area contributed by atoms with Crippen molar-refractivity contribution in [2.45, 2.75) is 58.4 Å². The van der Waals surface area contributed by atoms with Crippen LogP contribution in [0.1, 0.15) is 49.7 Å². The van der Waals surface area contributed by atoms with Crippen molar-refractivity contribution in [2.75, 3.05) is 17.1 Å². The molecule has 0 heterocycles. The Morgan fingerprint density at radius 1 is 1.19 bits per heavy atom. The molecule has 2 saturated carbocycles. The van der Waals surface area contributed by atoms with Gasteiger partial charge in [0.05, 0.1) is 11.9 Å². The van der Waals surface area contributed by atoms with E-state index in [4.69, 9.17) is 0 Å². The minimum absolute atomic E-state index is 0.0519. The average Bonchev–Trinajstić information content (AvgIpc) is 3.16. The van der Waals surface area contributed by atoms with E-state index < -0.39 is 10.0 Å². The van der Waals surface area contributed by atoms with Crippen LogP contribution >= 0.6 is 0 Å². The van der Waals surface area contributed by atoms with Crippen LogP contribution in [-0.4, -0.2) is 33.2 Å². The fourth-order valence-electron chi connectivity index (χ4n) is 4.45. The molecule has 0 spiro atoms. The third-order valence-electron chi connectivity index (χ3n) is 6.03. The highest BCUT2D eigenvalue weighted by molar-refractivity contribution is 7.92. The normalized spacial score (nSPS) is 24.7. The molecule has 3 unspecified atom stereocenters. The zero-order chi connectivity index (χ0) is 18.9. The van der Waals surface area contributed by atoms with Crippen LogP contribution in [0.4, 0.5) is 5.69 Å². The van der Waals surface area contributed by atoms with Gasteiger partial charge in [0.15, 0.2) is 0 Å². The molecular weight excluding hydrogens is 348 g/mol. The summed E-state index contributed by atoms with van der Waals surface area (Å²) in [6.45, 7) is 4.30. The number of carbonyl (C=O) groups excluding carboxylic acids is 1. The summed E-state index contributed by atoms with van der Waals surface area (Å²) in [5.74, 6) is 1.51. The van der Waals surface area contributed by atoms with Crippen molar-refractivity contribution in [2.24, 2.45) is 11.8 Å². The number of sulfonamides is 1. The summed E-state index contributed by atoms with van der Waals surface area (Å²) in [6, 6.07) is 6.00. The number of carbonyl (C=O) groups is 1. The third kappa shape index (κ3) is 4.40. The molecule has 1 aromatic carbocycles. The highest BCUT2D eigenvalue weighted by Gasteiger charge is 2.39. The van der Waals surface area contributed by atoms with Gasteiger partial charge in [0.25, 0.3) is 0 Å². The van der Waals surface area contributed by atoms with Gasteiger partial charge in [-0.1, -0.05) is 12.5 Å². The minimum Gasteiger partial charge on any atom is -0.353 e. The van der Waals surface area contributed by atoms with Crippen LogP contribution in [0.2, 0.25) is 0 Å². The van der Waals surface area contributed by atoms with Crippen LogP contribution in [0, 0.1) is 25.7 Å². The lowest BCUT2D eigenvalue weighted by atomic mass is 9.95. The van der Waals surface area contributed by atoms with Gasteiger partial charge in [-0.25, -0.2) is 8.42 Å². The Morgan fingerprint density at radius 2 is 1.96 bits per heavy atom. The zero-order valence-corrected chi connectivity index (χ0v) is 16.8. The second kappa shape index (κ2) is 7.59. The van der Waals surface area contributed by atoms with Gasteiger partial charge in [-0.3, -0.25) is 9.10 Å². The summed E-state index contributed by atoms with van der Waals surface area (Å²) < 4.78 is 25.8. The average molecular weight is 379 g/mol. The van der Waals surface area contributed by atoms with Crippen LogP contribution in [0.3, 0.4) is 0 Å². The summed E-state index contributed by atoms with van der Waals surface area (Å²) in [5.41, 5.74) is 2.86. The lowest BCUT2D eigenvalue weighted by molar-refractivity contribution is -0.122. The molecule has 0 saturated heterocycles. The standard InChI is InChI=1S/C20H30N2O3S/c1-14-6-9-18(11-15(14)2)22(26(3,24)25)10-4-5-20(23)21-19-13-16-7-8-17(19)12-16/h6,9,11,16-17,19H,4-5,7-8,10,12-13H2,1-3H3,(H,21,23). The molecule has 1 aromatic rings. The minimum atomic E-state index is -3.37. The van der Waals surface area contributed by atoms with Crippen LogP contribution in [0.25, 0.3) is 0 Å². The number of nitrogens with zero attached hydrogens (tertiary/aromatic N) is 1. The van der Waals surface area contributed by atoms with Gasteiger partial charge in [-0.05, 0) is 74.6 Å². The molecule has 2 aliphatic carbocycles. The van der Waals surface area contributed by atoms with E-state index in [1.54, 1.807) is 0 Å². The van der Waals surface area contributed by atoms with Gasteiger partial charge in [-0.2, -0.15) is 0 Å². The van der Waals surface area contributed by atoms with Crippen molar-refractivity contribution in [1.82, 2.24) is 5.32 Å². The SMILES string of the molecule is Cc1ccc(N(CCCC(=O)NC2CC3CCC2C3)S(C)(=O)=O)cc1C. The first-order chi connectivity index (χ1) is 12.2. The molecular formula is C20H30N2O3S. The smallest absolute Gasteiger partial charge is 0.232 e. The maximum absolute atomic E-state index is 12.3. The fourth-order valence-corrected chi connectivity index (χ4v) is 5.41. The number of amides is 1. The lowest BCUT2D eigenvalue weighted by Gasteiger charge is -2.24. The molecule has 2 fully saturated rings. The highest BCUT2D eigenvalue weighted by Crippen LogP contribution is 2.44. The quantitative estimate of drug-likeness (QED) is 0.792. The molecule has 0 aromatic heterocycles. The van der Waals surface area contributed by atoms with Gasteiger partial charge < -0.3 is 5.32 Å². The Hall–Kier alpha value is -1.56. The predicted molar refractivity (Wildman–Crippen MR) is 105 cm³/mol. The van der Waals surface area contributed by atoms with Gasteiger partial charge >= 0.3 is 0 Å². The number of rotatable bonds is 7. The topological polar surface area (TPSA) is 66.5 Å². The summed E-state index contributed by atoms with van der Waals surface area (Å²) in [6.07, 6.45) is 7.05. The van der Waals surface area contributed by atoms with Gasteiger partial charge in [0.1, 0.15) is 0 Å². The first-order valence-corrected chi connectivity index (χ1v) is 11.4. The van der Waals surface area contributed by atoms with Gasteiger partial charge in [0, 0.05) is 19.0 Å². The molecule has 3 rings (SSSR count). The Balaban J connectivity index is 1.54. The first kappa shape index (κ1) is 19.2. The summed E-state index contributed by atoms with van der Waals surface area (Å²) in [7, 11) is -3.37. The fraction of sp³-hybridized carbons (Fsp3) is 0.650. The maximum atomic E-state index is 12.3. The van der Waals surface area contributed by atoms with Gasteiger partial charge in [0.2, 0.25) is 15.9 Å². The van der Waals surface area contributed by atoms with E-state index in [-0.39, 0.29) is 5.91 Å². The highest BCUT2D eigenvalue weighted by atomic mass is 32.2. The lowest BCUT2D eigenvalue weighted by Crippen LogP contribution is -2.39. The molecule has 2 bridgehead atoms. The van der Waals surface area contributed by atoms with E-state index in [9.17, 15) is 13.2 Å². The Morgan fingerprint density at radius 3 is 2.54 bits per heavy atom. The number of benzene rings is 1. The van der Waals surface area contributed by atoms with Crippen molar-refractivity contribution < 1.29 is 13.2 Å². The molecule has 1 amide bonds. The maximum Gasteiger partial charge on any atom is 0.232 e. The van der Waals surface area contributed by atoms with Crippen molar-refractivity contribution in [3.8, 4) is 0 Å². The Labute approximate surface area is 157 Å². The van der Waals surface area contributed by atoms with Crippen molar-refractivity contribution in [3.05, 3.63) is 29.3 Å².